The molecule has 1 N–H and O–H groups in total. The average Bonchev–Trinajstić information content (AvgIpc) is 2.95. The highest BCUT2D eigenvalue weighted by Crippen LogP contribution is 2.29. The third kappa shape index (κ3) is 7.47. The van der Waals surface area contributed by atoms with Gasteiger partial charge in [-0.2, -0.15) is 0 Å². The molecule has 0 heterocycles. The molecule has 0 radical (unpaired) electrons. The van der Waals surface area contributed by atoms with Crippen molar-refractivity contribution in [2.45, 2.75) is 50.7 Å². The van der Waals surface area contributed by atoms with Gasteiger partial charge in [0.05, 0.1) is 17.7 Å². The first-order valence-electron chi connectivity index (χ1n) is 12.7. The number of ether oxygens (including phenoxy) is 1. The molecule has 214 valence electrons. The predicted octanol–water partition coefficient (Wildman–Crippen LogP) is 5.53. The van der Waals surface area contributed by atoms with Crippen LogP contribution in [0.25, 0.3) is 0 Å². The summed E-state index contributed by atoms with van der Waals surface area (Å²) < 4.78 is 34.0. The van der Waals surface area contributed by atoms with Crippen molar-refractivity contribution >= 4 is 50.7 Å². The lowest BCUT2D eigenvalue weighted by Gasteiger charge is -2.33. The van der Waals surface area contributed by atoms with E-state index in [1.807, 2.05) is 13.8 Å². The standard InChI is InChI=1S/C29H33Cl2N3O5S/c1-5-20(2)32-29(36)21(3)33(18-25-26(30)15-10-16-27(25)31)28(35)19-34(22-11-9-12-23(17-22)39-4)40(37,38)24-13-7-6-8-14-24/h6-17,20-21H,5,18-19H2,1-4H3,(H,32,36). The van der Waals surface area contributed by atoms with E-state index in [4.69, 9.17) is 27.9 Å². The van der Waals surface area contributed by atoms with Gasteiger partial charge in [0.15, 0.2) is 0 Å². The van der Waals surface area contributed by atoms with Crippen molar-refractivity contribution in [1.29, 1.82) is 0 Å². The molecule has 8 nitrogen and oxygen atoms in total. The Hall–Kier alpha value is -3.27. The minimum Gasteiger partial charge on any atom is -0.497 e. The van der Waals surface area contributed by atoms with E-state index in [1.54, 1.807) is 61.5 Å². The molecule has 0 saturated heterocycles. The van der Waals surface area contributed by atoms with Gasteiger partial charge in [0.2, 0.25) is 11.8 Å². The molecular formula is C29H33Cl2N3O5S. The smallest absolute Gasteiger partial charge is 0.264 e. The Labute approximate surface area is 245 Å². The molecule has 0 aliphatic heterocycles. The molecule has 3 aromatic rings. The van der Waals surface area contributed by atoms with Crippen LogP contribution in [-0.2, 0) is 26.2 Å². The average molecular weight is 607 g/mol. The number of anilines is 1. The Balaban J connectivity index is 2.07. The van der Waals surface area contributed by atoms with Crippen molar-refractivity contribution in [3.63, 3.8) is 0 Å². The Morgan fingerprint density at radius 1 is 0.950 bits per heavy atom. The van der Waals surface area contributed by atoms with Crippen molar-refractivity contribution < 1.29 is 22.7 Å². The summed E-state index contributed by atoms with van der Waals surface area (Å²) in [4.78, 5) is 28.5. The molecule has 11 heteroatoms. The van der Waals surface area contributed by atoms with Gasteiger partial charge in [-0.15, -0.1) is 0 Å². The number of methoxy groups -OCH3 is 1. The number of hydrogen-bond donors (Lipinski definition) is 1. The molecule has 3 aromatic carbocycles. The zero-order valence-electron chi connectivity index (χ0n) is 22.8. The number of nitrogens with one attached hydrogen (secondary N) is 1. The highest BCUT2D eigenvalue weighted by molar-refractivity contribution is 7.92. The van der Waals surface area contributed by atoms with E-state index in [2.05, 4.69) is 5.32 Å². The summed E-state index contributed by atoms with van der Waals surface area (Å²) in [7, 11) is -2.72. The van der Waals surface area contributed by atoms with Gasteiger partial charge in [0.1, 0.15) is 18.3 Å². The van der Waals surface area contributed by atoms with Crippen LogP contribution in [0.15, 0.2) is 77.7 Å². The molecule has 0 fully saturated rings. The fourth-order valence-electron chi connectivity index (χ4n) is 3.92. The van der Waals surface area contributed by atoms with E-state index in [-0.39, 0.29) is 29.1 Å². The van der Waals surface area contributed by atoms with Gasteiger partial charge in [0.25, 0.3) is 10.0 Å². The lowest BCUT2D eigenvalue weighted by atomic mass is 10.1. The lowest BCUT2D eigenvalue weighted by molar-refractivity contribution is -0.139. The molecule has 0 aliphatic carbocycles. The van der Waals surface area contributed by atoms with Gasteiger partial charge in [-0.1, -0.05) is 60.5 Å². The lowest BCUT2D eigenvalue weighted by Crippen LogP contribution is -2.52. The number of rotatable bonds is 12. The Kier molecular flexibility index (Phi) is 10.8. The van der Waals surface area contributed by atoms with Crippen LogP contribution in [0, 0.1) is 0 Å². The Morgan fingerprint density at radius 3 is 2.17 bits per heavy atom. The largest absolute Gasteiger partial charge is 0.497 e. The molecule has 2 unspecified atom stereocenters. The number of carbonyl (C=O) groups excluding carboxylic acids is 2. The number of amides is 2. The summed E-state index contributed by atoms with van der Waals surface area (Å²) in [5, 5.41) is 3.53. The number of halogens is 2. The van der Waals surface area contributed by atoms with Crippen LogP contribution < -0.4 is 14.4 Å². The van der Waals surface area contributed by atoms with Crippen molar-refractivity contribution in [1.82, 2.24) is 10.2 Å². The van der Waals surface area contributed by atoms with E-state index in [0.29, 0.717) is 27.8 Å². The summed E-state index contributed by atoms with van der Waals surface area (Å²) in [5.41, 5.74) is 0.671. The van der Waals surface area contributed by atoms with E-state index in [9.17, 15) is 18.0 Å². The van der Waals surface area contributed by atoms with Crippen molar-refractivity contribution in [3.05, 3.63) is 88.4 Å². The van der Waals surface area contributed by atoms with Crippen molar-refractivity contribution in [2.24, 2.45) is 0 Å². The van der Waals surface area contributed by atoms with Crippen molar-refractivity contribution in [3.8, 4) is 5.75 Å². The molecule has 2 amide bonds. The highest BCUT2D eigenvalue weighted by atomic mass is 35.5. The van der Waals surface area contributed by atoms with E-state index < -0.39 is 28.5 Å². The van der Waals surface area contributed by atoms with Gasteiger partial charge in [-0.25, -0.2) is 8.42 Å². The third-order valence-electron chi connectivity index (χ3n) is 6.51. The van der Waals surface area contributed by atoms with Crippen LogP contribution in [0.1, 0.15) is 32.8 Å². The monoisotopic (exact) mass is 605 g/mol. The van der Waals surface area contributed by atoms with E-state index >= 15 is 0 Å². The Bertz CT molecular complexity index is 1420. The van der Waals surface area contributed by atoms with Gasteiger partial charge >= 0.3 is 0 Å². The second kappa shape index (κ2) is 13.9. The number of benzene rings is 3. The topological polar surface area (TPSA) is 96.0 Å². The first kappa shape index (κ1) is 31.3. The fraction of sp³-hybridized carbons (Fsp3) is 0.310. The molecule has 0 aliphatic rings. The van der Waals surface area contributed by atoms with Crippen LogP contribution in [0.3, 0.4) is 0 Å². The molecule has 0 aromatic heterocycles. The maximum absolute atomic E-state index is 14.0. The first-order chi connectivity index (χ1) is 19.0. The maximum Gasteiger partial charge on any atom is 0.264 e. The maximum atomic E-state index is 14.0. The van der Waals surface area contributed by atoms with Gasteiger partial charge < -0.3 is 15.0 Å². The molecule has 0 spiro atoms. The van der Waals surface area contributed by atoms with E-state index in [0.717, 1.165) is 4.31 Å². The van der Waals surface area contributed by atoms with Gasteiger partial charge in [0, 0.05) is 34.3 Å². The fourth-order valence-corrected chi connectivity index (χ4v) is 5.86. The second-order valence-corrected chi connectivity index (χ2v) is 11.9. The van der Waals surface area contributed by atoms with Crippen LogP contribution >= 0.6 is 23.2 Å². The molecule has 0 bridgehead atoms. The normalized spacial score (nSPS) is 12.8. The van der Waals surface area contributed by atoms with Crippen molar-refractivity contribution in [2.75, 3.05) is 18.0 Å². The SMILES string of the molecule is CCC(C)NC(=O)C(C)N(Cc1c(Cl)cccc1Cl)C(=O)CN(c1cccc(OC)c1)S(=O)(=O)c1ccccc1. The van der Waals surface area contributed by atoms with Crippen LogP contribution in [-0.4, -0.2) is 50.9 Å². The molecule has 0 saturated carbocycles. The molecule has 40 heavy (non-hydrogen) atoms. The minimum atomic E-state index is -4.19. The number of sulfonamides is 1. The summed E-state index contributed by atoms with van der Waals surface area (Å²) in [5.74, 6) is -0.589. The Morgan fingerprint density at radius 2 is 1.57 bits per heavy atom. The van der Waals surface area contributed by atoms with Gasteiger partial charge in [-0.3, -0.25) is 13.9 Å². The zero-order chi connectivity index (χ0) is 29.4. The molecule has 2 atom stereocenters. The molecule has 3 rings (SSSR count). The minimum absolute atomic E-state index is 0.00822. The third-order valence-corrected chi connectivity index (χ3v) is 9.01. The van der Waals surface area contributed by atoms with E-state index in [1.165, 1.54) is 30.2 Å². The zero-order valence-corrected chi connectivity index (χ0v) is 25.1. The highest BCUT2D eigenvalue weighted by Gasteiger charge is 2.33. The number of carbonyl (C=O) groups is 2. The summed E-state index contributed by atoms with van der Waals surface area (Å²) in [6, 6.07) is 18.1. The summed E-state index contributed by atoms with van der Waals surface area (Å²) >= 11 is 12.8. The van der Waals surface area contributed by atoms with Crippen LogP contribution in [0.2, 0.25) is 10.0 Å². The summed E-state index contributed by atoms with van der Waals surface area (Å²) in [6.07, 6.45) is 0.696. The summed E-state index contributed by atoms with van der Waals surface area (Å²) in [6.45, 7) is 4.68. The van der Waals surface area contributed by atoms with Gasteiger partial charge in [-0.05, 0) is 56.7 Å². The number of hydrogen-bond acceptors (Lipinski definition) is 5. The quantitative estimate of drug-likeness (QED) is 0.293. The van der Waals surface area contributed by atoms with Crippen LogP contribution in [0.4, 0.5) is 5.69 Å². The number of nitrogens with zero attached hydrogens (tertiary/aromatic N) is 2. The first-order valence-corrected chi connectivity index (χ1v) is 14.9. The molecular weight excluding hydrogens is 573 g/mol. The predicted molar refractivity (Wildman–Crippen MR) is 158 cm³/mol. The second-order valence-electron chi connectivity index (χ2n) is 9.24. The van der Waals surface area contributed by atoms with Crippen LogP contribution in [0.5, 0.6) is 5.75 Å².